The van der Waals surface area contributed by atoms with Crippen molar-refractivity contribution in [2.75, 3.05) is 19.6 Å². The molecule has 5 rings (SSSR count). The van der Waals surface area contributed by atoms with E-state index >= 15 is 0 Å². The molecule has 0 saturated carbocycles. The van der Waals surface area contributed by atoms with Crippen LogP contribution in [0.4, 0.5) is 0 Å². The largest absolute Gasteiger partial charge is 0.346 e. The van der Waals surface area contributed by atoms with Crippen LogP contribution in [0.15, 0.2) is 55.1 Å². The van der Waals surface area contributed by atoms with E-state index < -0.39 is 0 Å². The van der Waals surface area contributed by atoms with Crippen molar-refractivity contribution in [3.05, 3.63) is 60.7 Å². The molecule has 0 atom stereocenters. The number of ketones is 1. The van der Waals surface area contributed by atoms with E-state index in [9.17, 15) is 4.79 Å². The van der Waals surface area contributed by atoms with Gasteiger partial charge >= 0.3 is 0 Å². The number of rotatable bonds is 4. The molecule has 1 aromatic carbocycles. The number of pyridine rings is 1. The fraction of sp³-hybridized carbons (Fsp3) is 0.286. The minimum atomic E-state index is 0.197. The number of Topliss-reactive ketones (excluding diaryl/α,β-unsaturated/α-hetero) is 1. The SMILES string of the molecule is O=C(CN1CCC(n2cnc3cnc4[nH]ccc4c32)CC1)c1ccccc1. The Labute approximate surface area is 156 Å². The molecule has 1 aliphatic heterocycles. The molecule has 0 spiro atoms. The van der Waals surface area contributed by atoms with Crippen molar-refractivity contribution >= 4 is 27.9 Å². The number of nitrogens with zero attached hydrogens (tertiary/aromatic N) is 4. The summed E-state index contributed by atoms with van der Waals surface area (Å²) in [7, 11) is 0. The Bertz CT molecular complexity index is 1090. The number of H-pyrrole nitrogens is 1. The number of hydrogen-bond donors (Lipinski definition) is 1. The second-order valence-corrected chi connectivity index (χ2v) is 7.18. The number of nitrogens with one attached hydrogen (secondary N) is 1. The lowest BCUT2D eigenvalue weighted by Gasteiger charge is -2.32. The highest BCUT2D eigenvalue weighted by atomic mass is 16.1. The van der Waals surface area contributed by atoms with Gasteiger partial charge in [-0.25, -0.2) is 9.97 Å². The van der Waals surface area contributed by atoms with Crippen LogP contribution < -0.4 is 0 Å². The van der Waals surface area contributed by atoms with E-state index in [2.05, 4.69) is 30.5 Å². The lowest BCUT2D eigenvalue weighted by atomic mass is 10.0. The Hall–Kier alpha value is -2.99. The summed E-state index contributed by atoms with van der Waals surface area (Å²) in [4.78, 5) is 26.9. The maximum Gasteiger partial charge on any atom is 0.176 e. The van der Waals surface area contributed by atoms with Crippen molar-refractivity contribution in [1.82, 2.24) is 24.4 Å². The fourth-order valence-electron chi connectivity index (χ4n) is 4.08. The quantitative estimate of drug-likeness (QED) is 0.567. The van der Waals surface area contributed by atoms with E-state index in [1.807, 2.05) is 49.1 Å². The van der Waals surface area contributed by atoms with E-state index in [1.54, 1.807) is 0 Å². The van der Waals surface area contributed by atoms with Gasteiger partial charge in [0.1, 0.15) is 11.2 Å². The zero-order valence-corrected chi connectivity index (χ0v) is 15.0. The van der Waals surface area contributed by atoms with Gasteiger partial charge in [0.2, 0.25) is 0 Å². The number of fused-ring (bicyclic) bond motifs is 3. The van der Waals surface area contributed by atoms with Gasteiger partial charge in [-0.3, -0.25) is 9.69 Å². The molecule has 0 aliphatic carbocycles. The first-order chi connectivity index (χ1) is 13.3. The van der Waals surface area contributed by atoms with Crippen LogP contribution in [-0.4, -0.2) is 49.8 Å². The highest BCUT2D eigenvalue weighted by Gasteiger charge is 2.24. The van der Waals surface area contributed by atoms with E-state index in [4.69, 9.17) is 0 Å². The number of benzene rings is 1. The van der Waals surface area contributed by atoms with Crippen molar-refractivity contribution < 1.29 is 4.79 Å². The summed E-state index contributed by atoms with van der Waals surface area (Å²) in [5.41, 5.74) is 3.78. The first-order valence-corrected chi connectivity index (χ1v) is 9.39. The van der Waals surface area contributed by atoms with Crippen LogP contribution in [-0.2, 0) is 0 Å². The summed E-state index contributed by atoms with van der Waals surface area (Å²) in [6, 6.07) is 12.0. The van der Waals surface area contributed by atoms with E-state index in [1.165, 1.54) is 0 Å². The predicted octanol–water partition coefficient (Wildman–Crippen LogP) is 3.43. The van der Waals surface area contributed by atoms with Crippen LogP contribution in [0.3, 0.4) is 0 Å². The summed E-state index contributed by atoms with van der Waals surface area (Å²) in [5, 5.41) is 1.12. The molecule has 1 N–H and O–H groups in total. The standard InChI is InChI=1S/C21H21N5O/c27-19(15-4-2-1-3-5-15)13-25-10-7-16(8-11-25)26-14-24-18-12-23-21-17(20(18)26)6-9-22-21/h1-6,9,12,14,16H,7-8,10-11,13H2,(H,22,23). The highest BCUT2D eigenvalue weighted by Crippen LogP contribution is 2.30. The van der Waals surface area contributed by atoms with Gasteiger partial charge in [0.15, 0.2) is 5.78 Å². The molecule has 0 radical (unpaired) electrons. The molecule has 3 aromatic heterocycles. The molecular formula is C21H21N5O. The van der Waals surface area contributed by atoms with Gasteiger partial charge in [-0.05, 0) is 18.9 Å². The normalized spacial score (nSPS) is 16.3. The van der Waals surface area contributed by atoms with Crippen molar-refractivity contribution in [1.29, 1.82) is 0 Å². The van der Waals surface area contributed by atoms with Crippen molar-refractivity contribution in [3.63, 3.8) is 0 Å². The third-order valence-electron chi connectivity index (χ3n) is 5.53. The van der Waals surface area contributed by atoms with Gasteiger partial charge in [-0.1, -0.05) is 30.3 Å². The van der Waals surface area contributed by atoms with Gasteiger partial charge in [0, 0.05) is 36.3 Å². The van der Waals surface area contributed by atoms with Crippen LogP contribution in [0.25, 0.3) is 22.1 Å². The molecule has 1 saturated heterocycles. The number of likely N-dealkylation sites (tertiary alicyclic amines) is 1. The third kappa shape index (κ3) is 2.92. The number of hydrogen-bond acceptors (Lipinski definition) is 4. The molecule has 4 heterocycles. The lowest BCUT2D eigenvalue weighted by Crippen LogP contribution is -2.38. The van der Waals surface area contributed by atoms with Crippen molar-refractivity contribution in [2.45, 2.75) is 18.9 Å². The Kier molecular flexibility index (Phi) is 3.98. The smallest absolute Gasteiger partial charge is 0.176 e. The number of imidazole rings is 1. The van der Waals surface area contributed by atoms with Crippen molar-refractivity contribution in [3.8, 4) is 0 Å². The van der Waals surface area contributed by atoms with Gasteiger partial charge in [0.05, 0.1) is 24.6 Å². The average molecular weight is 359 g/mol. The van der Waals surface area contributed by atoms with Crippen LogP contribution in [0.2, 0.25) is 0 Å². The van der Waals surface area contributed by atoms with E-state index in [-0.39, 0.29) is 5.78 Å². The minimum Gasteiger partial charge on any atom is -0.346 e. The highest BCUT2D eigenvalue weighted by molar-refractivity contribution is 6.01. The van der Waals surface area contributed by atoms with Crippen LogP contribution in [0, 0.1) is 0 Å². The molecule has 6 heteroatoms. The molecule has 0 unspecified atom stereocenters. The number of carbonyl (C=O) groups excluding carboxylic acids is 1. The molecule has 6 nitrogen and oxygen atoms in total. The van der Waals surface area contributed by atoms with E-state index in [0.29, 0.717) is 12.6 Å². The molecule has 1 aliphatic rings. The van der Waals surface area contributed by atoms with Gasteiger partial charge < -0.3 is 9.55 Å². The van der Waals surface area contributed by atoms with Gasteiger partial charge in [-0.2, -0.15) is 0 Å². The summed E-state index contributed by atoms with van der Waals surface area (Å²) >= 11 is 0. The zero-order chi connectivity index (χ0) is 18.2. The maximum atomic E-state index is 12.4. The summed E-state index contributed by atoms with van der Waals surface area (Å²) in [6.07, 6.45) is 7.72. The van der Waals surface area contributed by atoms with Crippen LogP contribution >= 0.6 is 0 Å². The molecule has 136 valence electrons. The number of carbonyl (C=O) groups is 1. The molecule has 0 amide bonds. The van der Waals surface area contributed by atoms with Gasteiger partial charge in [0.25, 0.3) is 0 Å². The Morgan fingerprint density at radius 1 is 1.11 bits per heavy atom. The Morgan fingerprint density at radius 2 is 1.93 bits per heavy atom. The fourth-order valence-corrected chi connectivity index (χ4v) is 4.08. The predicted molar refractivity (Wildman–Crippen MR) is 105 cm³/mol. The number of aromatic amines is 1. The average Bonchev–Trinajstić information content (AvgIpc) is 3.35. The molecular weight excluding hydrogens is 338 g/mol. The molecule has 1 fully saturated rings. The lowest BCUT2D eigenvalue weighted by molar-refractivity contribution is 0.0899. The van der Waals surface area contributed by atoms with Gasteiger partial charge in [-0.15, -0.1) is 0 Å². The maximum absolute atomic E-state index is 12.4. The summed E-state index contributed by atoms with van der Waals surface area (Å²) in [5.74, 6) is 0.197. The molecule has 0 bridgehead atoms. The van der Waals surface area contributed by atoms with Crippen LogP contribution in [0.1, 0.15) is 29.2 Å². The Morgan fingerprint density at radius 3 is 2.74 bits per heavy atom. The number of aromatic nitrogens is 4. The topological polar surface area (TPSA) is 66.8 Å². The molecule has 4 aromatic rings. The number of piperidine rings is 1. The summed E-state index contributed by atoms with van der Waals surface area (Å²) < 4.78 is 2.30. The minimum absolute atomic E-state index is 0.197. The monoisotopic (exact) mass is 359 g/mol. The van der Waals surface area contributed by atoms with Crippen LogP contribution in [0.5, 0.6) is 0 Å². The molecule has 27 heavy (non-hydrogen) atoms. The first-order valence-electron chi connectivity index (χ1n) is 9.39. The second kappa shape index (κ2) is 6.63. The van der Waals surface area contributed by atoms with Crippen molar-refractivity contribution in [2.24, 2.45) is 0 Å². The Balaban J connectivity index is 1.32. The third-order valence-corrected chi connectivity index (χ3v) is 5.53. The second-order valence-electron chi connectivity index (χ2n) is 7.18. The zero-order valence-electron chi connectivity index (χ0n) is 15.0. The first kappa shape index (κ1) is 16.2. The van der Waals surface area contributed by atoms with E-state index in [0.717, 1.165) is 53.6 Å². The summed E-state index contributed by atoms with van der Waals surface area (Å²) in [6.45, 7) is 2.34.